The van der Waals surface area contributed by atoms with Crippen molar-refractivity contribution >= 4 is 19.8 Å². The van der Waals surface area contributed by atoms with Crippen LogP contribution in [0.2, 0.25) is 0 Å². The number of allylic oxidation sites excluding steroid dienone is 18. The number of carbonyl (C=O) groups is 2. The Hall–Kier alpha value is -3.33. The summed E-state index contributed by atoms with van der Waals surface area (Å²) in [5, 5.41) is 0. The summed E-state index contributed by atoms with van der Waals surface area (Å²) in [6.45, 7) is 3.65. The van der Waals surface area contributed by atoms with E-state index in [0.717, 1.165) is 89.9 Å². The van der Waals surface area contributed by atoms with Crippen molar-refractivity contribution in [2.75, 3.05) is 26.4 Å². The Morgan fingerprint density at radius 2 is 0.647 bits per heavy atom. The predicted octanol–water partition coefficient (Wildman–Crippen LogP) is 23.3. The lowest BCUT2D eigenvalue weighted by molar-refractivity contribution is -0.161. The molecular formula is C75H132NO8P. The molecule has 2 atom stereocenters. The van der Waals surface area contributed by atoms with Gasteiger partial charge in [-0.25, -0.2) is 4.57 Å². The smallest absolute Gasteiger partial charge is 0.462 e. The summed E-state index contributed by atoms with van der Waals surface area (Å²) in [5.74, 6) is -0.820. The number of phosphoric ester groups is 1. The molecule has 0 bridgehead atoms. The van der Waals surface area contributed by atoms with Crippen molar-refractivity contribution in [1.29, 1.82) is 0 Å². The van der Waals surface area contributed by atoms with Crippen LogP contribution in [0, 0.1) is 0 Å². The van der Waals surface area contributed by atoms with Gasteiger partial charge in [0.05, 0.1) is 13.2 Å². The molecule has 85 heavy (non-hydrogen) atoms. The Kier molecular flexibility index (Phi) is 67.0. The van der Waals surface area contributed by atoms with Crippen LogP contribution in [0.25, 0.3) is 0 Å². The van der Waals surface area contributed by atoms with Gasteiger partial charge in [0.25, 0.3) is 0 Å². The van der Waals surface area contributed by atoms with E-state index in [1.807, 2.05) is 0 Å². The normalized spacial score (nSPS) is 13.6. The number of carbonyl (C=O) groups excluding carboxylic acids is 2. The van der Waals surface area contributed by atoms with Crippen molar-refractivity contribution in [3.8, 4) is 0 Å². The first kappa shape index (κ1) is 81.7. The van der Waals surface area contributed by atoms with Crippen LogP contribution in [0.3, 0.4) is 0 Å². The fraction of sp³-hybridized carbons (Fsp3) is 0.733. The van der Waals surface area contributed by atoms with E-state index in [4.69, 9.17) is 24.3 Å². The van der Waals surface area contributed by atoms with Crippen molar-refractivity contribution < 1.29 is 37.6 Å². The maximum absolute atomic E-state index is 12.8. The van der Waals surface area contributed by atoms with Crippen LogP contribution >= 0.6 is 7.82 Å². The number of hydrogen-bond donors (Lipinski definition) is 2. The molecule has 0 aliphatic carbocycles. The molecule has 490 valence electrons. The Bertz CT molecular complexity index is 1760. The monoisotopic (exact) mass is 1210 g/mol. The van der Waals surface area contributed by atoms with Gasteiger partial charge in [-0.1, -0.05) is 316 Å². The topological polar surface area (TPSA) is 134 Å². The quantitative estimate of drug-likeness (QED) is 0.0264. The van der Waals surface area contributed by atoms with Crippen LogP contribution in [0.15, 0.2) is 109 Å². The van der Waals surface area contributed by atoms with E-state index >= 15 is 0 Å². The van der Waals surface area contributed by atoms with Crippen molar-refractivity contribution in [3.05, 3.63) is 109 Å². The highest BCUT2D eigenvalue weighted by atomic mass is 31.2. The number of nitrogens with two attached hydrogens (primary N) is 1. The van der Waals surface area contributed by atoms with E-state index in [1.165, 1.54) is 199 Å². The van der Waals surface area contributed by atoms with E-state index in [0.29, 0.717) is 6.42 Å². The summed E-state index contributed by atoms with van der Waals surface area (Å²) in [6.07, 6.45) is 96.1. The summed E-state index contributed by atoms with van der Waals surface area (Å²) in [5.41, 5.74) is 5.40. The first-order chi connectivity index (χ1) is 41.8. The summed E-state index contributed by atoms with van der Waals surface area (Å²) in [7, 11) is -4.40. The number of ether oxygens (including phenoxy) is 2. The van der Waals surface area contributed by atoms with Crippen LogP contribution in [0.5, 0.6) is 0 Å². The van der Waals surface area contributed by atoms with Gasteiger partial charge in [0.1, 0.15) is 6.61 Å². The fourth-order valence-electron chi connectivity index (χ4n) is 9.94. The average molecular weight is 1210 g/mol. The third-order valence-electron chi connectivity index (χ3n) is 15.1. The molecule has 0 aromatic rings. The van der Waals surface area contributed by atoms with Crippen LogP contribution < -0.4 is 5.73 Å². The van der Waals surface area contributed by atoms with Crippen LogP contribution in [-0.4, -0.2) is 49.3 Å². The molecule has 9 nitrogen and oxygen atoms in total. The fourth-order valence-corrected chi connectivity index (χ4v) is 10.7. The van der Waals surface area contributed by atoms with Gasteiger partial charge >= 0.3 is 19.8 Å². The van der Waals surface area contributed by atoms with Gasteiger partial charge in [0, 0.05) is 19.4 Å². The lowest BCUT2D eigenvalue weighted by Gasteiger charge is -2.19. The molecule has 0 saturated carbocycles. The molecule has 0 aliphatic rings. The first-order valence-corrected chi connectivity index (χ1v) is 36.9. The summed E-state index contributed by atoms with van der Waals surface area (Å²) in [6, 6.07) is 0. The van der Waals surface area contributed by atoms with E-state index in [9.17, 15) is 19.0 Å². The lowest BCUT2D eigenvalue weighted by Crippen LogP contribution is -2.29. The van der Waals surface area contributed by atoms with Crippen LogP contribution in [-0.2, 0) is 32.7 Å². The molecule has 0 aromatic heterocycles. The largest absolute Gasteiger partial charge is 0.472 e. The Morgan fingerprint density at radius 3 is 0.965 bits per heavy atom. The zero-order valence-electron chi connectivity index (χ0n) is 55.1. The number of esters is 2. The maximum Gasteiger partial charge on any atom is 0.472 e. The van der Waals surface area contributed by atoms with E-state index in [1.54, 1.807) is 0 Å². The zero-order valence-corrected chi connectivity index (χ0v) is 56.0. The SMILES string of the molecule is CC/C=C\C/C=C\C/C=C\C/C=C\C/C=C\C/C=C\CCCCCCCCCCCCCCCCCCC(=O)OC(COC(=O)CCCCCCCCCCCCCCCC/C=C\C/C=C\C/C=C\CCCCCCC)COP(=O)(O)OCCN. The minimum absolute atomic E-state index is 0.0507. The molecule has 3 N–H and O–H groups in total. The molecule has 10 heteroatoms. The van der Waals surface area contributed by atoms with Gasteiger partial charge in [-0.05, 0) is 103 Å². The minimum atomic E-state index is -4.40. The molecule has 0 rings (SSSR count). The molecule has 0 saturated heterocycles. The molecule has 0 fully saturated rings. The molecule has 0 heterocycles. The lowest BCUT2D eigenvalue weighted by atomic mass is 10.0. The third kappa shape index (κ3) is 69.6. The Balaban J connectivity index is 3.88. The third-order valence-corrected chi connectivity index (χ3v) is 16.1. The Labute approximate surface area is 524 Å². The average Bonchev–Trinajstić information content (AvgIpc) is 3.52. The number of rotatable bonds is 66. The molecule has 0 aromatic carbocycles. The molecular weight excluding hydrogens is 1070 g/mol. The van der Waals surface area contributed by atoms with Gasteiger partial charge in [-0.2, -0.15) is 0 Å². The molecule has 0 aliphatic heterocycles. The van der Waals surface area contributed by atoms with Crippen molar-refractivity contribution in [1.82, 2.24) is 0 Å². The maximum atomic E-state index is 12.8. The van der Waals surface area contributed by atoms with Gasteiger partial charge in [-0.3, -0.25) is 18.6 Å². The van der Waals surface area contributed by atoms with E-state index < -0.39 is 26.5 Å². The van der Waals surface area contributed by atoms with Crippen molar-refractivity contribution in [3.63, 3.8) is 0 Å². The minimum Gasteiger partial charge on any atom is -0.462 e. The Morgan fingerprint density at radius 1 is 0.365 bits per heavy atom. The summed E-state index contributed by atoms with van der Waals surface area (Å²) in [4.78, 5) is 35.4. The van der Waals surface area contributed by atoms with E-state index in [-0.39, 0.29) is 38.6 Å². The van der Waals surface area contributed by atoms with Gasteiger partial charge in [0.15, 0.2) is 6.10 Å². The number of phosphoric acid groups is 1. The second-order valence-corrected chi connectivity index (χ2v) is 24.8. The number of hydrogen-bond acceptors (Lipinski definition) is 8. The van der Waals surface area contributed by atoms with Gasteiger partial charge in [-0.15, -0.1) is 0 Å². The molecule has 2 unspecified atom stereocenters. The molecule has 0 spiro atoms. The highest BCUT2D eigenvalue weighted by Crippen LogP contribution is 2.43. The zero-order chi connectivity index (χ0) is 61.6. The highest BCUT2D eigenvalue weighted by molar-refractivity contribution is 7.47. The van der Waals surface area contributed by atoms with E-state index in [2.05, 4.69) is 123 Å². The first-order valence-electron chi connectivity index (χ1n) is 35.4. The second-order valence-electron chi connectivity index (χ2n) is 23.4. The van der Waals surface area contributed by atoms with Crippen LogP contribution in [0.1, 0.15) is 322 Å². The summed E-state index contributed by atoms with van der Waals surface area (Å²) < 4.78 is 33.2. The standard InChI is InChI=1S/C75H132NO8P/c1-3-5-7-9-11-13-15-17-19-21-23-25-27-29-31-33-34-35-36-37-38-40-42-44-46-48-50-52-54-56-58-60-62-64-66-68-75(78)84-73(72-83-85(79,80)82-70-69-76)71-81-74(77)67-65-63-61-59-57-55-53-51-49-47-45-43-41-39-32-30-28-26-24-22-20-18-16-14-12-10-8-6-4-2/h5,7,11,13,16-19,22-25,28-31,34-35,73H,3-4,6,8-10,12,14-15,20-21,26-27,32-33,36-72,76H2,1-2H3,(H,79,80)/b7-5-,13-11-,18-16-,19-17-,24-22-,25-23-,30-28-,31-29-,35-34-. The summed E-state index contributed by atoms with van der Waals surface area (Å²) >= 11 is 0. The highest BCUT2D eigenvalue weighted by Gasteiger charge is 2.26. The van der Waals surface area contributed by atoms with Gasteiger partial charge < -0.3 is 20.1 Å². The predicted molar refractivity (Wildman–Crippen MR) is 367 cm³/mol. The van der Waals surface area contributed by atoms with Gasteiger partial charge in [0.2, 0.25) is 0 Å². The van der Waals surface area contributed by atoms with Crippen molar-refractivity contribution in [2.45, 2.75) is 328 Å². The number of unbranched alkanes of at least 4 members (excludes halogenated alkanes) is 35. The van der Waals surface area contributed by atoms with Crippen LogP contribution in [0.4, 0.5) is 0 Å². The molecule has 0 amide bonds. The second kappa shape index (κ2) is 69.8. The molecule has 0 radical (unpaired) electrons. The van der Waals surface area contributed by atoms with Crippen molar-refractivity contribution in [2.24, 2.45) is 5.73 Å².